The van der Waals surface area contributed by atoms with Crippen molar-refractivity contribution in [3.05, 3.63) is 41.3 Å². The quantitative estimate of drug-likeness (QED) is 0.370. The first-order valence-electron chi connectivity index (χ1n) is 10.7. The van der Waals surface area contributed by atoms with E-state index in [0.29, 0.717) is 28.9 Å². The molecular weight excluding hydrogens is 460 g/mol. The fourth-order valence-electron chi connectivity index (χ4n) is 4.89. The minimum Gasteiger partial charge on any atom is -0.368 e. The Hall–Kier alpha value is -2.95. The Morgan fingerprint density at radius 2 is 2.09 bits per heavy atom. The van der Waals surface area contributed by atoms with E-state index < -0.39 is 11.4 Å². The Balaban J connectivity index is 1.39. The van der Waals surface area contributed by atoms with Gasteiger partial charge in [-0.15, -0.1) is 0 Å². The first-order valence-corrected chi connectivity index (χ1v) is 11.9. The van der Waals surface area contributed by atoms with Crippen molar-refractivity contribution < 1.29 is 4.79 Å². The van der Waals surface area contributed by atoms with Gasteiger partial charge in [0.25, 0.3) is 0 Å². The number of aromatic nitrogens is 5. The first kappa shape index (κ1) is 20.6. The number of nitrogens with two attached hydrogens (primary N) is 2. The number of aryl methyl sites for hydroxylation is 1. The number of aromatic amines is 1. The van der Waals surface area contributed by atoms with Gasteiger partial charge in [0.2, 0.25) is 5.91 Å². The molecule has 0 bridgehead atoms. The van der Waals surface area contributed by atoms with E-state index in [0.717, 1.165) is 39.2 Å². The zero-order chi connectivity index (χ0) is 22.9. The maximum absolute atomic E-state index is 11.8. The van der Waals surface area contributed by atoms with Crippen LogP contribution in [-0.4, -0.2) is 49.5 Å². The zero-order valence-electron chi connectivity index (χ0n) is 17.7. The summed E-state index contributed by atoms with van der Waals surface area (Å²) in [6.07, 6.45) is 4.28. The van der Waals surface area contributed by atoms with E-state index >= 15 is 0 Å². The molecule has 6 rings (SSSR count). The third kappa shape index (κ3) is 3.08. The fourth-order valence-corrected chi connectivity index (χ4v) is 6.00. The summed E-state index contributed by atoms with van der Waals surface area (Å²) in [5.74, 6) is 0.353. The number of rotatable bonds is 5. The summed E-state index contributed by atoms with van der Waals surface area (Å²) >= 11 is 8.13. The monoisotopic (exact) mass is 480 g/mol. The van der Waals surface area contributed by atoms with Crippen LogP contribution in [0.2, 0.25) is 5.02 Å². The lowest BCUT2D eigenvalue weighted by atomic mass is 10.1. The van der Waals surface area contributed by atoms with Crippen LogP contribution in [0.3, 0.4) is 0 Å². The van der Waals surface area contributed by atoms with Gasteiger partial charge in [-0.2, -0.15) is 0 Å². The molecule has 11 heteroatoms. The number of fused-ring (bicyclic) bond motifs is 3. The molecule has 0 spiro atoms. The Labute approximate surface area is 198 Å². The standard InChI is InChI=1S/C22H21ClN8OS/c1-2-13-17(23)16-18(28-13)29-21(33-10-6-15-14(27-7-10)4-3-5-26-15)30-19(16)31-8-11-12(9-31)22(11,25)20(24)32/h3-7,11-12H,2,8-9,25H2,1H3,(H2,24,32)(H,28,29,30)/t11-,12+,22-. The normalized spacial score (nSPS) is 23.9. The molecule has 5 N–H and O–H groups in total. The molecule has 1 saturated carbocycles. The molecule has 168 valence electrons. The number of carbonyl (C=O) groups excluding carboxylic acids is 1. The molecule has 2 aliphatic rings. The van der Waals surface area contributed by atoms with Gasteiger partial charge in [-0.1, -0.05) is 18.5 Å². The average Bonchev–Trinajstić information content (AvgIpc) is 3.12. The molecule has 33 heavy (non-hydrogen) atoms. The second-order valence-corrected chi connectivity index (χ2v) is 9.97. The lowest BCUT2D eigenvalue weighted by Gasteiger charge is -2.24. The predicted octanol–water partition coefficient (Wildman–Crippen LogP) is 2.52. The zero-order valence-corrected chi connectivity index (χ0v) is 19.3. The van der Waals surface area contributed by atoms with Crippen molar-refractivity contribution in [2.24, 2.45) is 23.3 Å². The van der Waals surface area contributed by atoms with Crippen molar-refractivity contribution in [3.63, 3.8) is 0 Å². The highest BCUT2D eigenvalue weighted by molar-refractivity contribution is 7.99. The van der Waals surface area contributed by atoms with Crippen molar-refractivity contribution >= 4 is 57.2 Å². The highest BCUT2D eigenvalue weighted by Gasteiger charge is 2.70. The van der Waals surface area contributed by atoms with E-state index in [1.54, 1.807) is 12.4 Å². The molecule has 9 nitrogen and oxygen atoms in total. The SMILES string of the molecule is CCc1[nH]c2nc(Sc3cnc4cccnc4c3)nc(N3C[C@@H]4[C@H](C3)[C@@]4(N)C(N)=O)c2c1Cl. The van der Waals surface area contributed by atoms with Crippen LogP contribution in [-0.2, 0) is 11.2 Å². The minimum atomic E-state index is -0.916. The smallest absolute Gasteiger partial charge is 0.238 e. The summed E-state index contributed by atoms with van der Waals surface area (Å²) in [5.41, 5.74) is 14.1. The molecule has 2 fully saturated rings. The van der Waals surface area contributed by atoms with Gasteiger partial charge in [-0.05, 0) is 36.4 Å². The van der Waals surface area contributed by atoms with Crippen LogP contribution in [0.15, 0.2) is 40.6 Å². The van der Waals surface area contributed by atoms with E-state index in [4.69, 9.17) is 33.0 Å². The van der Waals surface area contributed by atoms with Crippen LogP contribution in [0.1, 0.15) is 12.6 Å². The maximum atomic E-state index is 11.8. The summed E-state index contributed by atoms with van der Waals surface area (Å²) in [5, 5.41) is 1.99. The predicted molar refractivity (Wildman–Crippen MR) is 127 cm³/mol. The van der Waals surface area contributed by atoms with Crippen LogP contribution >= 0.6 is 23.4 Å². The molecule has 5 heterocycles. The number of amides is 1. The molecule has 3 atom stereocenters. The van der Waals surface area contributed by atoms with Gasteiger partial charge in [0.1, 0.15) is 17.0 Å². The molecular formula is C22H21ClN8OS. The first-order chi connectivity index (χ1) is 15.9. The van der Waals surface area contributed by atoms with Crippen LogP contribution in [0, 0.1) is 11.8 Å². The fraction of sp³-hybridized carbons (Fsp3) is 0.318. The van der Waals surface area contributed by atoms with E-state index in [9.17, 15) is 4.79 Å². The van der Waals surface area contributed by atoms with Crippen molar-refractivity contribution in [1.82, 2.24) is 24.9 Å². The number of piperidine rings is 1. The van der Waals surface area contributed by atoms with Gasteiger partial charge < -0.3 is 21.4 Å². The lowest BCUT2D eigenvalue weighted by Crippen LogP contribution is -2.47. The van der Waals surface area contributed by atoms with Crippen LogP contribution in [0.25, 0.3) is 22.1 Å². The van der Waals surface area contributed by atoms with Crippen LogP contribution in [0.4, 0.5) is 5.82 Å². The van der Waals surface area contributed by atoms with E-state index in [1.165, 1.54) is 11.8 Å². The number of anilines is 1. The molecule has 1 aliphatic heterocycles. The number of nitrogens with zero attached hydrogens (tertiary/aromatic N) is 5. The Morgan fingerprint density at radius 3 is 2.82 bits per heavy atom. The van der Waals surface area contributed by atoms with Gasteiger partial charge in [-0.3, -0.25) is 14.8 Å². The average molecular weight is 481 g/mol. The van der Waals surface area contributed by atoms with Crippen molar-refractivity contribution in [2.45, 2.75) is 28.9 Å². The van der Waals surface area contributed by atoms with Crippen molar-refractivity contribution in [3.8, 4) is 0 Å². The summed E-state index contributed by atoms with van der Waals surface area (Å²) in [6, 6.07) is 5.76. The highest BCUT2D eigenvalue weighted by atomic mass is 35.5. The van der Waals surface area contributed by atoms with Crippen LogP contribution in [0.5, 0.6) is 0 Å². The van der Waals surface area contributed by atoms with Crippen molar-refractivity contribution in [1.29, 1.82) is 0 Å². The molecule has 4 aromatic heterocycles. The minimum absolute atomic E-state index is 0.0234. The van der Waals surface area contributed by atoms with Crippen molar-refractivity contribution in [2.75, 3.05) is 18.0 Å². The Kier molecular flexibility index (Phi) is 4.55. The van der Waals surface area contributed by atoms with E-state index in [1.807, 2.05) is 25.1 Å². The molecule has 1 saturated heterocycles. The van der Waals surface area contributed by atoms with Gasteiger partial charge >= 0.3 is 0 Å². The number of primary amides is 1. The highest BCUT2D eigenvalue weighted by Crippen LogP contribution is 2.54. The van der Waals surface area contributed by atoms with E-state index in [2.05, 4.69) is 19.9 Å². The summed E-state index contributed by atoms with van der Waals surface area (Å²) in [4.78, 5) is 36.7. The topological polar surface area (TPSA) is 140 Å². The number of nitrogens with one attached hydrogen (secondary N) is 1. The summed E-state index contributed by atoms with van der Waals surface area (Å²) < 4.78 is 0. The third-order valence-corrected chi connectivity index (χ3v) is 8.02. The number of hydrogen-bond donors (Lipinski definition) is 3. The van der Waals surface area contributed by atoms with E-state index in [-0.39, 0.29) is 11.8 Å². The second-order valence-electron chi connectivity index (χ2n) is 8.55. The molecule has 1 amide bonds. The number of halogens is 1. The second kappa shape index (κ2) is 7.28. The van der Waals surface area contributed by atoms with Crippen LogP contribution < -0.4 is 16.4 Å². The number of hydrogen-bond acceptors (Lipinski definition) is 8. The van der Waals surface area contributed by atoms with Gasteiger partial charge in [0, 0.05) is 47.9 Å². The van der Waals surface area contributed by atoms with Gasteiger partial charge in [-0.25, -0.2) is 9.97 Å². The Bertz CT molecular complexity index is 1430. The summed E-state index contributed by atoms with van der Waals surface area (Å²) in [7, 11) is 0. The number of pyridine rings is 2. The molecule has 4 aromatic rings. The molecule has 1 aliphatic carbocycles. The number of H-pyrrole nitrogens is 1. The Morgan fingerprint density at radius 1 is 1.30 bits per heavy atom. The largest absolute Gasteiger partial charge is 0.368 e. The maximum Gasteiger partial charge on any atom is 0.238 e. The van der Waals surface area contributed by atoms with Gasteiger partial charge in [0.05, 0.1) is 21.4 Å². The third-order valence-electron chi connectivity index (χ3n) is 6.78. The molecule has 0 radical (unpaired) electrons. The lowest BCUT2D eigenvalue weighted by molar-refractivity contribution is -0.120. The summed E-state index contributed by atoms with van der Waals surface area (Å²) in [6.45, 7) is 3.24. The van der Waals surface area contributed by atoms with Gasteiger partial charge in [0.15, 0.2) is 5.16 Å². The molecule has 0 unspecified atom stereocenters. The number of carbonyl (C=O) groups is 1. The molecule has 0 aromatic carbocycles.